The van der Waals surface area contributed by atoms with Crippen LogP contribution >= 0.6 is 0 Å². The van der Waals surface area contributed by atoms with Crippen molar-refractivity contribution in [3.05, 3.63) is 119 Å². The molecule has 0 N–H and O–H groups in total. The maximum atomic E-state index is 13.7. The molecule has 7 heteroatoms. The third-order valence-corrected chi connectivity index (χ3v) is 11.0. The molecule has 0 radical (unpaired) electrons. The second kappa shape index (κ2) is 17.3. The van der Waals surface area contributed by atoms with Crippen LogP contribution in [0.5, 0.6) is 0 Å². The van der Waals surface area contributed by atoms with Crippen LogP contribution in [-0.4, -0.2) is 0 Å². The van der Waals surface area contributed by atoms with Crippen LogP contribution in [0.25, 0.3) is 22.3 Å². The zero-order valence-corrected chi connectivity index (χ0v) is 29.6. The maximum absolute atomic E-state index is 13.7. The summed E-state index contributed by atoms with van der Waals surface area (Å²) in [6, 6.07) is 24.4. The van der Waals surface area contributed by atoms with Crippen molar-refractivity contribution in [1.82, 2.24) is 0 Å². The monoisotopic (exact) mass is 710 g/mol. The summed E-state index contributed by atoms with van der Waals surface area (Å²) in [5, 5.41) is 0. The van der Waals surface area contributed by atoms with Gasteiger partial charge >= 0.3 is 12.4 Å². The maximum Gasteiger partial charge on any atom is 0.419 e. The van der Waals surface area contributed by atoms with Crippen LogP contribution < -0.4 is 0 Å². The topological polar surface area (TPSA) is 0 Å². The van der Waals surface area contributed by atoms with Gasteiger partial charge in [-0.05, 0) is 107 Å². The largest absolute Gasteiger partial charge is 0.419 e. The van der Waals surface area contributed by atoms with Crippen molar-refractivity contribution in [2.24, 2.45) is 23.7 Å². The lowest BCUT2D eigenvalue weighted by atomic mass is 9.80. The summed E-state index contributed by atoms with van der Waals surface area (Å²) in [6.07, 6.45) is 6.27. The lowest BCUT2D eigenvalue weighted by Gasteiger charge is -2.26. The van der Waals surface area contributed by atoms with E-state index in [4.69, 9.17) is 0 Å². The molecule has 0 amide bonds. The highest BCUT2D eigenvalue weighted by Gasteiger charge is 2.34. The van der Waals surface area contributed by atoms with Crippen LogP contribution in [0.3, 0.4) is 0 Å². The third-order valence-electron chi connectivity index (χ3n) is 11.0. The first-order chi connectivity index (χ1) is 24.2. The summed E-state index contributed by atoms with van der Waals surface area (Å²) in [4.78, 5) is 0. The van der Waals surface area contributed by atoms with Crippen molar-refractivity contribution >= 4 is 0 Å². The van der Waals surface area contributed by atoms with Crippen molar-refractivity contribution < 1.29 is 30.7 Å². The normalized spacial score (nSPS) is 21.1. The van der Waals surface area contributed by atoms with Gasteiger partial charge < -0.3 is 0 Å². The molecule has 0 nitrogen and oxygen atoms in total. The van der Waals surface area contributed by atoms with Gasteiger partial charge in [0.05, 0.1) is 11.1 Å². The molecule has 2 aliphatic rings. The molecule has 0 heterocycles. The molecule has 51 heavy (non-hydrogen) atoms. The van der Waals surface area contributed by atoms with Crippen LogP contribution in [0.4, 0.5) is 30.7 Å². The molecular formula is C44H49F7. The first kappa shape index (κ1) is 38.6. The molecule has 0 atom stereocenters. The van der Waals surface area contributed by atoms with Crippen LogP contribution in [0, 0.1) is 29.5 Å². The summed E-state index contributed by atoms with van der Waals surface area (Å²) in [5.41, 5.74) is 3.68. The molecule has 0 bridgehead atoms. The number of hydrogen-bond acceptors (Lipinski definition) is 0. The van der Waals surface area contributed by atoms with E-state index < -0.39 is 29.3 Å². The molecule has 0 unspecified atom stereocenters. The Morgan fingerprint density at radius 2 is 0.843 bits per heavy atom. The number of benzene rings is 4. The molecule has 0 aromatic heterocycles. The zero-order chi connectivity index (χ0) is 36.6. The Morgan fingerprint density at radius 1 is 0.471 bits per heavy atom. The molecule has 4 aromatic rings. The molecule has 4 aromatic carbocycles. The second-order valence-electron chi connectivity index (χ2n) is 15.0. The summed E-state index contributed by atoms with van der Waals surface area (Å²) < 4.78 is 89.6. The molecular weight excluding hydrogens is 661 g/mol. The Morgan fingerprint density at radius 3 is 1.22 bits per heavy atom. The van der Waals surface area contributed by atoms with Crippen LogP contribution in [0.2, 0.25) is 0 Å². The highest BCUT2D eigenvalue weighted by atomic mass is 19.4. The fraction of sp³-hybridized carbons (Fsp3) is 0.455. The van der Waals surface area contributed by atoms with Crippen molar-refractivity contribution in [2.75, 3.05) is 0 Å². The van der Waals surface area contributed by atoms with Gasteiger partial charge in [-0.1, -0.05) is 132 Å². The average Bonchev–Trinajstić information content (AvgIpc) is 3.11. The van der Waals surface area contributed by atoms with Gasteiger partial charge in [0.25, 0.3) is 0 Å². The van der Waals surface area contributed by atoms with Crippen LogP contribution in [0.1, 0.15) is 100 Å². The van der Waals surface area contributed by atoms with E-state index in [1.165, 1.54) is 81.4 Å². The molecule has 274 valence electrons. The van der Waals surface area contributed by atoms with E-state index in [2.05, 4.69) is 26.0 Å². The number of aryl methyl sites for hydroxylation is 2. The van der Waals surface area contributed by atoms with E-state index in [-0.39, 0.29) is 0 Å². The number of halogens is 7. The van der Waals surface area contributed by atoms with Crippen molar-refractivity contribution in [3.63, 3.8) is 0 Å². The number of hydrogen-bond donors (Lipinski definition) is 0. The highest BCUT2D eigenvalue weighted by molar-refractivity contribution is 5.65. The first-order valence-electron chi connectivity index (χ1n) is 18.5. The van der Waals surface area contributed by atoms with Gasteiger partial charge in [-0.15, -0.1) is 0 Å². The van der Waals surface area contributed by atoms with Crippen molar-refractivity contribution in [2.45, 2.75) is 103 Å². The predicted molar refractivity (Wildman–Crippen MR) is 193 cm³/mol. The van der Waals surface area contributed by atoms with Crippen molar-refractivity contribution in [1.29, 1.82) is 0 Å². The first-order valence-corrected chi connectivity index (χ1v) is 18.5. The van der Waals surface area contributed by atoms with Gasteiger partial charge in [0, 0.05) is 0 Å². The van der Waals surface area contributed by atoms with Crippen molar-refractivity contribution in [3.8, 4) is 22.3 Å². The van der Waals surface area contributed by atoms with E-state index in [1.54, 1.807) is 12.1 Å². The third kappa shape index (κ3) is 11.4. The minimum atomic E-state index is -4.66. The van der Waals surface area contributed by atoms with Gasteiger partial charge in [0.15, 0.2) is 0 Å². The Balaban J connectivity index is 0.000000198. The van der Waals surface area contributed by atoms with E-state index in [1.807, 2.05) is 36.4 Å². The molecule has 0 aliphatic heterocycles. The molecule has 6 rings (SSSR count). The Kier molecular flexibility index (Phi) is 13.1. The minimum Gasteiger partial charge on any atom is -0.206 e. The van der Waals surface area contributed by atoms with E-state index in [9.17, 15) is 30.7 Å². The lowest BCUT2D eigenvalue weighted by Crippen LogP contribution is -2.12. The molecule has 0 saturated heterocycles. The SMILES string of the molecule is CC1CCC(CCc2ccc(-c3ccc(C(F)(F)F)c(F)c3)cc2)CC1.CC1CCC(CCc2ccc(-c3ccc(C(F)(F)F)cc3)cc2)CC1. The summed E-state index contributed by atoms with van der Waals surface area (Å²) in [7, 11) is 0. The molecule has 0 spiro atoms. The van der Waals surface area contributed by atoms with E-state index >= 15 is 0 Å². The van der Waals surface area contributed by atoms with Gasteiger partial charge in [-0.3, -0.25) is 0 Å². The van der Waals surface area contributed by atoms with Crippen LogP contribution in [-0.2, 0) is 25.2 Å². The molecule has 2 aliphatic carbocycles. The van der Waals surface area contributed by atoms with E-state index in [0.717, 1.165) is 77.5 Å². The summed E-state index contributed by atoms with van der Waals surface area (Å²) >= 11 is 0. The Bertz CT molecular complexity index is 1630. The standard InChI is InChI=1S/C22H24F4.C22H25F3/c1-15-2-4-16(5-3-15)6-7-17-8-10-18(11-9-17)19-12-13-20(21(23)14-19)22(24,25)26;1-16-2-4-17(5-3-16)6-7-18-8-10-19(11-9-18)20-12-14-21(15-13-20)22(23,24)25/h8-16H,2-7H2,1H3;8-17H,2-7H2,1H3. The molecule has 2 saturated carbocycles. The second-order valence-corrected chi connectivity index (χ2v) is 15.0. The highest BCUT2D eigenvalue weighted by Crippen LogP contribution is 2.35. The fourth-order valence-electron chi connectivity index (χ4n) is 7.48. The van der Waals surface area contributed by atoms with Gasteiger partial charge in [0.1, 0.15) is 5.82 Å². The predicted octanol–water partition coefficient (Wildman–Crippen LogP) is 14.4. The van der Waals surface area contributed by atoms with E-state index in [0.29, 0.717) is 5.56 Å². The Labute approximate surface area is 298 Å². The minimum absolute atomic E-state index is 0.461. The number of alkyl halides is 6. The quantitative estimate of drug-likeness (QED) is 0.160. The average molecular weight is 711 g/mol. The summed E-state index contributed by atoms with van der Waals surface area (Å²) in [5.74, 6) is 2.17. The molecule has 2 fully saturated rings. The smallest absolute Gasteiger partial charge is 0.206 e. The van der Waals surface area contributed by atoms with Gasteiger partial charge in [-0.2, -0.15) is 26.3 Å². The summed E-state index contributed by atoms with van der Waals surface area (Å²) in [6.45, 7) is 4.66. The lowest BCUT2D eigenvalue weighted by molar-refractivity contribution is -0.140. The number of rotatable bonds is 8. The van der Waals surface area contributed by atoms with Gasteiger partial charge in [0.2, 0.25) is 0 Å². The Hall–Kier alpha value is -3.61. The van der Waals surface area contributed by atoms with Crippen LogP contribution in [0.15, 0.2) is 91.0 Å². The zero-order valence-electron chi connectivity index (χ0n) is 29.6. The van der Waals surface area contributed by atoms with Gasteiger partial charge in [-0.25, -0.2) is 4.39 Å². The fourth-order valence-corrected chi connectivity index (χ4v) is 7.48.